The molecule has 32 heavy (non-hydrogen) atoms. The minimum absolute atomic E-state index is 0.207. The van der Waals surface area contributed by atoms with Crippen molar-refractivity contribution in [3.8, 4) is 11.5 Å². The molecule has 1 aliphatic heterocycles. The van der Waals surface area contributed by atoms with Gasteiger partial charge in [0.25, 0.3) is 11.1 Å². The molecule has 0 bridgehead atoms. The fourth-order valence-corrected chi connectivity index (χ4v) is 4.51. The van der Waals surface area contributed by atoms with Gasteiger partial charge in [0.15, 0.2) is 11.5 Å². The molecular weight excluding hydrogens is 490 g/mol. The molecule has 3 aromatic carbocycles. The summed E-state index contributed by atoms with van der Waals surface area (Å²) >= 11 is 4.40. The smallest absolute Gasteiger partial charge is 0.293 e. The molecule has 1 saturated heterocycles. The van der Waals surface area contributed by atoms with E-state index in [0.29, 0.717) is 28.6 Å². The van der Waals surface area contributed by atoms with Crippen molar-refractivity contribution in [1.29, 1.82) is 0 Å². The molecule has 0 atom stereocenters. The highest BCUT2D eigenvalue weighted by Gasteiger charge is 2.35. The molecule has 0 unspecified atom stereocenters. The molecule has 0 saturated carbocycles. The summed E-state index contributed by atoms with van der Waals surface area (Å²) in [6.07, 6.45) is 1.69. The van der Waals surface area contributed by atoms with Crippen molar-refractivity contribution in [2.45, 2.75) is 13.2 Å². The molecule has 0 N–H and O–H groups in total. The van der Waals surface area contributed by atoms with Gasteiger partial charge in [0.1, 0.15) is 6.61 Å². The first-order chi connectivity index (χ1) is 15.6. The summed E-state index contributed by atoms with van der Waals surface area (Å²) < 4.78 is 12.4. The summed E-state index contributed by atoms with van der Waals surface area (Å²) in [7, 11) is 1.57. The number of halogens is 1. The fourth-order valence-electron chi connectivity index (χ4n) is 3.27. The van der Waals surface area contributed by atoms with Gasteiger partial charge < -0.3 is 9.47 Å². The van der Waals surface area contributed by atoms with Crippen LogP contribution < -0.4 is 9.47 Å². The quantitative estimate of drug-likeness (QED) is 0.351. The molecule has 0 spiro atoms. The minimum atomic E-state index is -0.326. The predicted molar refractivity (Wildman–Crippen MR) is 129 cm³/mol. The number of benzene rings is 3. The van der Waals surface area contributed by atoms with Crippen LogP contribution in [0.15, 0.2) is 82.2 Å². The lowest BCUT2D eigenvalue weighted by Gasteiger charge is -2.14. The van der Waals surface area contributed by atoms with Crippen molar-refractivity contribution in [1.82, 2.24) is 4.90 Å². The highest BCUT2D eigenvalue weighted by Crippen LogP contribution is 2.38. The highest BCUT2D eigenvalue weighted by atomic mass is 79.9. The predicted octanol–water partition coefficient (Wildman–Crippen LogP) is 6.27. The van der Waals surface area contributed by atoms with E-state index < -0.39 is 0 Å². The normalized spacial score (nSPS) is 14.8. The molecule has 0 radical (unpaired) electrons. The topological polar surface area (TPSA) is 55.8 Å². The van der Waals surface area contributed by atoms with Gasteiger partial charge in [-0.1, -0.05) is 76.6 Å². The summed E-state index contributed by atoms with van der Waals surface area (Å²) in [6, 6.07) is 22.8. The second-order valence-electron chi connectivity index (χ2n) is 7.01. The van der Waals surface area contributed by atoms with E-state index in [-0.39, 0.29) is 17.7 Å². The van der Waals surface area contributed by atoms with E-state index >= 15 is 0 Å². The Morgan fingerprint density at radius 2 is 1.72 bits per heavy atom. The third-order valence-corrected chi connectivity index (χ3v) is 6.58. The van der Waals surface area contributed by atoms with Gasteiger partial charge in [0, 0.05) is 10.0 Å². The lowest BCUT2D eigenvalue weighted by atomic mass is 10.1. The van der Waals surface area contributed by atoms with E-state index in [9.17, 15) is 9.59 Å². The summed E-state index contributed by atoms with van der Waals surface area (Å²) in [5, 5.41) is -0.299. The van der Waals surface area contributed by atoms with Gasteiger partial charge in [0.05, 0.1) is 18.6 Å². The maximum Gasteiger partial charge on any atom is 0.293 e. The fraction of sp³-hybridized carbons (Fsp3) is 0.120. The summed E-state index contributed by atoms with van der Waals surface area (Å²) in [5.74, 6) is 0.756. The van der Waals surface area contributed by atoms with Gasteiger partial charge in [-0.2, -0.15) is 0 Å². The van der Waals surface area contributed by atoms with Crippen molar-refractivity contribution in [3.05, 3.63) is 98.9 Å². The average Bonchev–Trinajstić information content (AvgIpc) is 3.07. The molecule has 4 rings (SSSR count). The number of rotatable bonds is 7. The number of hydrogen-bond donors (Lipinski definition) is 0. The van der Waals surface area contributed by atoms with Crippen LogP contribution in [0, 0.1) is 0 Å². The molecule has 1 heterocycles. The third-order valence-electron chi connectivity index (χ3n) is 4.90. The van der Waals surface area contributed by atoms with Crippen LogP contribution in [-0.4, -0.2) is 23.2 Å². The molecule has 0 aromatic heterocycles. The van der Waals surface area contributed by atoms with Crippen LogP contribution in [0.25, 0.3) is 6.08 Å². The van der Waals surface area contributed by atoms with E-state index in [1.165, 1.54) is 4.90 Å². The number of thioether (sulfide) groups is 1. The van der Waals surface area contributed by atoms with Gasteiger partial charge in [-0.15, -0.1) is 0 Å². The van der Waals surface area contributed by atoms with Crippen LogP contribution in [0.4, 0.5) is 4.79 Å². The zero-order valence-electron chi connectivity index (χ0n) is 17.3. The largest absolute Gasteiger partial charge is 0.493 e. The second kappa shape index (κ2) is 10.1. The lowest BCUT2D eigenvalue weighted by Crippen LogP contribution is -2.27. The minimum Gasteiger partial charge on any atom is -0.493 e. The molecular formula is C25H20BrNO4S. The zero-order valence-corrected chi connectivity index (χ0v) is 19.7. The van der Waals surface area contributed by atoms with Crippen molar-refractivity contribution >= 4 is 44.9 Å². The second-order valence-corrected chi connectivity index (χ2v) is 8.86. The Labute approximate surface area is 199 Å². The lowest BCUT2D eigenvalue weighted by molar-refractivity contribution is -0.123. The van der Waals surface area contributed by atoms with Crippen LogP contribution in [0.1, 0.15) is 16.7 Å². The van der Waals surface area contributed by atoms with Gasteiger partial charge in [-0.3, -0.25) is 14.5 Å². The van der Waals surface area contributed by atoms with Crippen molar-refractivity contribution in [3.63, 3.8) is 0 Å². The molecule has 5 nitrogen and oxygen atoms in total. The number of para-hydroxylation sites is 1. The highest BCUT2D eigenvalue weighted by molar-refractivity contribution is 9.10. The molecule has 162 valence electrons. The van der Waals surface area contributed by atoms with E-state index in [1.807, 2.05) is 66.7 Å². The van der Waals surface area contributed by atoms with E-state index in [0.717, 1.165) is 27.4 Å². The maximum atomic E-state index is 13.0. The first kappa shape index (κ1) is 22.2. The Hall–Kier alpha value is -3.03. The molecule has 3 aromatic rings. The van der Waals surface area contributed by atoms with Crippen molar-refractivity contribution < 1.29 is 19.1 Å². The molecule has 1 aliphatic rings. The maximum absolute atomic E-state index is 13.0. The number of amides is 2. The van der Waals surface area contributed by atoms with Crippen LogP contribution in [0.2, 0.25) is 0 Å². The van der Waals surface area contributed by atoms with E-state index in [4.69, 9.17) is 9.47 Å². The molecule has 7 heteroatoms. The summed E-state index contributed by atoms with van der Waals surface area (Å²) in [6.45, 7) is 0.560. The van der Waals surface area contributed by atoms with Gasteiger partial charge in [-0.25, -0.2) is 0 Å². The van der Waals surface area contributed by atoms with Gasteiger partial charge >= 0.3 is 0 Å². The van der Waals surface area contributed by atoms with Crippen LogP contribution in [0.5, 0.6) is 11.5 Å². The number of carbonyl (C=O) groups is 2. The Balaban J connectivity index is 1.60. The Kier molecular flexibility index (Phi) is 6.97. The summed E-state index contributed by atoms with van der Waals surface area (Å²) in [4.78, 5) is 27.2. The number of methoxy groups -OCH3 is 1. The monoisotopic (exact) mass is 509 g/mol. The first-order valence-corrected chi connectivity index (χ1v) is 11.5. The molecule has 1 fully saturated rings. The van der Waals surface area contributed by atoms with Crippen LogP contribution in [-0.2, 0) is 17.9 Å². The average molecular weight is 510 g/mol. The van der Waals surface area contributed by atoms with E-state index in [2.05, 4.69) is 15.9 Å². The number of imide groups is 1. The Morgan fingerprint density at radius 3 is 2.47 bits per heavy atom. The van der Waals surface area contributed by atoms with Gasteiger partial charge in [0.2, 0.25) is 0 Å². The van der Waals surface area contributed by atoms with Gasteiger partial charge in [-0.05, 0) is 41.1 Å². The third kappa shape index (κ3) is 4.89. The molecule has 2 amide bonds. The van der Waals surface area contributed by atoms with Crippen molar-refractivity contribution in [2.24, 2.45) is 0 Å². The number of nitrogens with zero attached hydrogens (tertiary/aromatic N) is 1. The first-order valence-electron chi connectivity index (χ1n) is 9.89. The summed E-state index contributed by atoms with van der Waals surface area (Å²) in [5.41, 5.74) is 2.55. The van der Waals surface area contributed by atoms with Crippen LogP contribution >= 0.6 is 27.7 Å². The number of carbonyl (C=O) groups excluding carboxylic acids is 2. The van der Waals surface area contributed by atoms with E-state index in [1.54, 1.807) is 19.3 Å². The SMILES string of the molecule is COc1cccc(/C=C2\SC(=O)N(Cc3ccccc3Br)C2=O)c1OCc1ccccc1. The number of ether oxygens (including phenoxy) is 2. The zero-order chi connectivity index (χ0) is 22.5. The van der Waals surface area contributed by atoms with Crippen molar-refractivity contribution in [2.75, 3.05) is 7.11 Å². The Bertz CT molecular complexity index is 1180. The Morgan fingerprint density at radius 1 is 0.969 bits per heavy atom. The number of hydrogen-bond acceptors (Lipinski definition) is 5. The molecule has 0 aliphatic carbocycles. The standard InChI is InChI=1S/C25H20BrNO4S/c1-30-21-13-7-11-18(23(21)31-16-17-8-3-2-4-9-17)14-22-24(28)27(25(29)32-22)15-19-10-5-6-12-20(19)26/h2-14H,15-16H2,1H3/b22-14-. The van der Waals surface area contributed by atoms with Crippen LogP contribution in [0.3, 0.4) is 0 Å².